The fourth-order valence-corrected chi connectivity index (χ4v) is 1.97. The van der Waals surface area contributed by atoms with Crippen LogP contribution in [0.1, 0.15) is 32.4 Å². The second-order valence-electron chi connectivity index (χ2n) is 4.36. The molecule has 18 heavy (non-hydrogen) atoms. The summed E-state index contributed by atoms with van der Waals surface area (Å²) in [6.07, 6.45) is 2.20. The van der Waals surface area contributed by atoms with Crippen molar-refractivity contribution in [3.63, 3.8) is 0 Å². The molecule has 0 fully saturated rings. The monoisotopic (exact) mass is 249 g/mol. The van der Waals surface area contributed by atoms with Crippen molar-refractivity contribution in [2.75, 3.05) is 20.8 Å². The lowest BCUT2D eigenvalue weighted by molar-refractivity contribution is 0.349. The van der Waals surface area contributed by atoms with E-state index in [1.165, 1.54) is 5.57 Å². The molecule has 3 heteroatoms. The summed E-state index contributed by atoms with van der Waals surface area (Å²) in [5, 5.41) is 3.44. The lowest BCUT2D eigenvalue weighted by Crippen LogP contribution is -2.20. The first-order chi connectivity index (χ1) is 8.63. The van der Waals surface area contributed by atoms with E-state index < -0.39 is 0 Å². The Bertz CT molecular complexity index is 409. The van der Waals surface area contributed by atoms with Crippen LogP contribution in [0, 0.1) is 0 Å². The molecule has 0 aliphatic heterocycles. The Morgan fingerprint density at radius 2 is 2.00 bits per heavy atom. The SMILES string of the molecule is CCNC(C=C(C)C)c1cccc(OC)c1OC. The molecule has 0 spiro atoms. The molecule has 3 nitrogen and oxygen atoms in total. The van der Waals surface area contributed by atoms with Gasteiger partial charge in [-0.15, -0.1) is 0 Å². The summed E-state index contributed by atoms with van der Waals surface area (Å²) in [5.41, 5.74) is 2.37. The van der Waals surface area contributed by atoms with Gasteiger partial charge in [0, 0.05) is 5.56 Å². The molecule has 100 valence electrons. The third kappa shape index (κ3) is 3.50. The van der Waals surface area contributed by atoms with Crippen LogP contribution in [0.5, 0.6) is 11.5 Å². The zero-order chi connectivity index (χ0) is 13.5. The zero-order valence-corrected chi connectivity index (χ0v) is 11.9. The van der Waals surface area contributed by atoms with Crippen LogP contribution in [0.15, 0.2) is 29.8 Å². The normalized spacial score (nSPS) is 11.8. The molecule has 1 rings (SSSR count). The molecule has 0 bridgehead atoms. The van der Waals surface area contributed by atoms with Gasteiger partial charge in [-0.25, -0.2) is 0 Å². The Morgan fingerprint density at radius 3 is 2.50 bits per heavy atom. The van der Waals surface area contributed by atoms with E-state index in [2.05, 4.69) is 38.2 Å². The van der Waals surface area contributed by atoms with Gasteiger partial charge < -0.3 is 14.8 Å². The van der Waals surface area contributed by atoms with Crippen molar-refractivity contribution in [1.29, 1.82) is 0 Å². The number of ether oxygens (including phenoxy) is 2. The molecule has 0 aliphatic carbocycles. The van der Waals surface area contributed by atoms with E-state index >= 15 is 0 Å². The molecule has 1 aromatic rings. The molecular formula is C15H23NO2. The molecule has 1 unspecified atom stereocenters. The first-order valence-electron chi connectivity index (χ1n) is 6.23. The van der Waals surface area contributed by atoms with Crippen LogP contribution in [0.4, 0.5) is 0 Å². The molecule has 0 aliphatic rings. The van der Waals surface area contributed by atoms with Crippen LogP contribution in [0.2, 0.25) is 0 Å². The van der Waals surface area contributed by atoms with Crippen molar-refractivity contribution in [1.82, 2.24) is 5.32 Å². The number of methoxy groups -OCH3 is 2. The summed E-state index contributed by atoms with van der Waals surface area (Å²) in [5.74, 6) is 1.56. The maximum Gasteiger partial charge on any atom is 0.165 e. The number of nitrogens with one attached hydrogen (secondary N) is 1. The molecule has 0 heterocycles. The molecule has 1 atom stereocenters. The Hall–Kier alpha value is -1.48. The van der Waals surface area contributed by atoms with Crippen LogP contribution in [-0.2, 0) is 0 Å². The van der Waals surface area contributed by atoms with Crippen molar-refractivity contribution >= 4 is 0 Å². The van der Waals surface area contributed by atoms with Crippen LogP contribution in [-0.4, -0.2) is 20.8 Å². The topological polar surface area (TPSA) is 30.5 Å². The highest BCUT2D eigenvalue weighted by molar-refractivity contribution is 5.49. The van der Waals surface area contributed by atoms with Gasteiger partial charge in [-0.3, -0.25) is 0 Å². The maximum absolute atomic E-state index is 5.48. The number of rotatable bonds is 6. The van der Waals surface area contributed by atoms with Gasteiger partial charge >= 0.3 is 0 Å². The van der Waals surface area contributed by atoms with E-state index in [9.17, 15) is 0 Å². The van der Waals surface area contributed by atoms with E-state index in [4.69, 9.17) is 9.47 Å². The average molecular weight is 249 g/mol. The second kappa shape index (κ2) is 7.07. The largest absolute Gasteiger partial charge is 0.493 e. The van der Waals surface area contributed by atoms with Crippen LogP contribution in [0.3, 0.4) is 0 Å². The summed E-state index contributed by atoms with van der Waals surface area (Å²) in [7, 11) is 3.33. The van der Waals surface area contributed by atoms with Gasteiger partial charge in [-0.05, 0) is 26.5 Å². The van der Waals surface area contributed by atoms with Gasteiger partial charge in [0.1, 0.15) is 0 Å². The summed E-state index contributed by atoms with van der Waals surface area (Å²) < 4.78 is 10.8. The molecular weight excluding hydrogens is 226 g/mol. The number of likely N-dealkylation sites (N-methyl/N-ethyl adjacent to an activating group) is 1. The van der Waals surface area contributed by atoms with Crippen LogP contribution in [0.25, 0.3) is 0 Å². The fourth-order valence-electron chi connectivity index (χ4n) is 1.97. The van der Waals surface area contributed by atoms with Crippen molar-refractivity contribution in [3.05, 3.63) is 35.4 Å². The van der Waals surface area contributed by atoms with Gasteiger partial charge in [0.25, 0.3) is 0 Å². The van der Waals surface area contributed by atoms with Gasteiger partial charge in [0.05, 0.1) is 20.3 Å². The van der Waals surface area contributed by atoms with E-state index in [0.29, 0.717) is 0 Å². The zero-order valence-electron chi connectivity index (χ0n) is 11.9. The average Bonchev–Trinajstić information content (AvgIpc) is 2.36. The lowest BCUT2D eigenvalue weighted by Gasteiger charge is -2.19. The van der Waals surface area contributed by atoms with Gasteiger partial charge in [-0.2, -0.15) is 0 Å². The van der Waals surface area contributed by atoms with E-state index in [0.717, 1.165) is 23.6 Å². The number of hydrogen-bond acceptors (Lipinski definition) is 3. The minimum Gasteiger partial charge on any atom is -0.493 e. The minimum atomic E-state index is 0.144. The molecule has 1 aromatic carbocycles. The highest BCUT2D eigenvalue weighted by Gasteiger charge is 2.16. The highest BCUT2D eigenvalue weighted by Crippen LogP contribution is 2.35. The first-order valence-corrected chi connectivity index (χ1v) is 6.23. The van der Waals surface area contributed by atoms with E-state index in [-0.39, 0.29) is 6.04 Å². The third-order valence-corrected chi connectivity index (χ3v) is 2.69. The van der Waals surface area contributed by atoms with Crippen LogP contribution >= 0.6 is 0 Å². The molecule has 0 saturated heterocycles. The number of allylic oxidation sites excluding steroid dienone is 1. The lowest BCUT2D eigenvalue weighted by atomic mass is 10.0. The Balaban J connectivity index is 3.22. The molecule has 1 N–H and O–H groups in total. The van der Waals surface area contributed by atoms with Gasteiger partial charge in [0.2, 0.25) is 0 Å². The number of para-hydroxylation sites is 1. The quantitative estimate of drug-likeness (QED) is 0.784. The van der Waals surface area contributed by atoms with E-state index in [1.807, 2.05) is 12.1 Å². The van der Waals surface area contributed by atoms with Crippen LogP contribution < -0.4 is 14.8 Å². The highest BCUT2D eigenvalue weighted by atomic mass is 16.5. The predicted octanol–water partition coefficient (Wildman–Crippen LogP) is 3.32. The smallest absolute Gasteiger partial charge is 0.165 e. The Kier molecular flexibility index (Phi) is 5.72. The van der Waals surface area contributed by atoms with Crippen molar-refractivity contribution in [2.45, 2.75) is 26.8 Å². The number of benzene rings is 1. The van der Waals surface area contributed by atoms with Gasteiger partial charge in [0.15, 0.2) is 11.5 Å². The van der Waals surface area contributed by atoms with Crippen molar-refractivity contribution in [2.24, 2.45) is 0 Å². The molecule has 0 aromatic heterocycles. The summed E-state index contributed by atoms with van der Waals surface area (Å²) in [6.45, 7) is 7.18. The third-order valence-electron chi connectivity index (χ3n) is 2.69. The molecule has 0 radical (unpaired) electrons. The fraction of sp³-hybridized carbons (Fsp3) is 0.467. The summed E-state index contributed by atoms with van der Waals surface area (Å²) >= 11 is 0. The second-order valence-corrected chi connectivity index (χ2v) is 4.36. The maximum atomic E-state index is 5.48. The summed E-state index contributed by atoms with van der Waals surface area (Å²) in [6, 6.07) is 6.10. The molecule has 0 saturated carbocycles. The summed E-state index contributed by atoms with van der Waals surface area (Å²) in [4.78, 5) is 0. The van der Waals surface area contributed by atoms with Crippen molar-refractivity contribution in [3.8, 4) is 11.5 Å². The van der Waals surface area contributed by atoms with E-state index in [1.54, 1.807) is 14.2 Å². The standard InChI is InChI=1S/C15H23NO2/c1-6-16-13(10-11(2)3)12-8-7-9-14(17-4)15(12)18-5/h7-10,13,16H,6H2,1-5H3. The number of hydrogen-bond donors (Lipinski definition) is 1. The predicted molar refractivity (Wildman–Crippen MR) is 75.4 cm³/mol. The van der Waals surface area contributed by atoms with Gasteiger partial charge in [-0.1, -0.05) is 30.7 Å². The minimum absolute atomic E-state index is 0.144. The van der Waals surface area contributed by atoms with Crippen molar-refractivity contribution < 1.29 is 9.47 Å². The molecule has 0 amide bonds. The Labute approximate surface area is 110 Å². The first kappa shape index (κ1) is 14.6. The Morgan fingerprint density at radius 1 is 1.28 bits per heavy atom.